The van der Waals surface area contributed by atoms with Crippen molar-refractivity contribution in [2.45, 2.75) is 25.8 Å². The molecule has 0 aliphatic carbocycles. The maximum absolute atomic E-state index is 13.1. The molecule has 0 unspecified atom stereocenters. The number of piperidine rings is 1. The van der Waals surface area contributed by atoms with E-state index in [4.69, 9.17) is 16.1 Å². The maximum atomic E-state index is 13.1. The summed E-state index contributed by atoms with van der Waals surface area (Å²) in [7, 11) is 0. The predicted octanol–water partition coefficient (Wildman–Crippen LogP) is 3.37. The average Bonchev–Trinajstić information content (AvgIpc) is 3.32. The fraction of sp³-hybridized carbons (Fsp3) is 0.333. The Labute approximate surface area is 155 Å². The average molecular weight is 372 g/mol. The molecule has 0 spiro atoms. The lowest BCUT2D eigenvalue weighted by atomic mass is 10.0. The summed E-state index contributed by atoms with van der Waals surface area (Å²) in [4.78, 5) is 15.0. The topological polar surface area (TPSA) is 77.0 Å². The molecule has 26 heavy (non-hydrogen) atoms. The van der Waals surface area contributed by atoms with Gasteiger partial charge in [0.05, 0.1) is 17.3 Å². The molecular weight excluding hydrogens is 354 g/mol. The summed E-state index contributed by atoms with van der Waals surface area (Å²) in [6, 6.07) is 7.60. The van der Waals surface area contributed by atoms with Crippen molar-refractivity contribution < 1.29 is 9.32 Å². The van der Waals surface area contributed by atoms with Gasteiger partial charge in [-0.2, -0.15) is 0 Å². The minimum Gasteiger partial charge on any atom is -0.360 e. The Morgan fingerprint density at radius 1 is 1.27 bits per heavy atom. The van der Waals surface area contributed by atoms with Crippen LogP contribution >= 0.6 is 11.6 Å². The number of benzene rings is 1. The van der Waals surface area contributed by atoms with Crippen LogP contribution in [-0.4, -0.2) is 44.0 Å². The largest absolute Gasteiger partial charge is 0.360 e. The monoisotopic (exact) mass is 371 g/mol. The molecule has 1 aliphatic rings. The highest BCUT2D eigenvalue weighted by atomic mass is 35.5. The number of nitrogens with zero attached hydrogens (tertiary/aromatic N) is 5. The number of likely N-dealkylation sites (tertiary alicyclic amines) is 1. The molecule has 0 radical (unpaired) electrons. The van der Waals surface area contributed by atoms with Crippen LogP contribution in [0.5, 0.6) is 0 Å². The van der Waals surface area contributed by atoms with Gasteiger partial charge >= 0.3 is 0 Å². The first-order valence-corrected chi connectivity index (χ1v) is 8.89. The first-order chi connectivity index (χ1) is 12.6. The number of rotatable bonds is 3. The number of carbonyl (C=O) groups is 1. The van der Waals surface area contributed by atoms with Gasteiger partial charge in [0.15, 0.2) is 0 Å². The van der Waals surface area contributed by atoms with Crippen LogP contribution in [-0.2, 0) is 0 Å². The van der Waals surface area contributed by atoms with Crippen molar-refractivity contribution >= 4 is 17.5 Å². The number of hydrogen-bond acceptors (Lipinski definition) is 5. The Morgan fingerprint density at radius 2 is 2.04 bits per heavy atom. The fourth-order valence-electron chi connectivity index (χ4n) is 3.36. The zero-order valence-electron chi connectivity index (χ0n) is 14.3. The number of amides is 1. The van der Waals surface area contributed by atoms with Gasteiger partial charge in [-0.3, -0.25) is 4.79 Å². The van der Waals surface area contributed by atoms with Crippen molar-refractivity contribution in [1.29, 1.82) is 0 Å². The number of aryl methyl sites for hydroxylation is 1. The van der Waals surface area contributed by atoms with E-state index in [9.17, 15) is 4.79 Å². The summed E-state index contributed by atoms with van der Waals surface area (Å²) in [5.41, 5.74) is 1.68. The molecule has 3 heterocycles. The second kappa shape index (κ2) is 6.92. The summed E-state index contributed by atoms with van der Waals surface area (Å²) in [6.07, 6.45) is 5.21. The van der Waals surface area contributed by atoms with E-state index in [1.54, 1.807) is 19.2 Å². The molecule has 0 saturated carbocycles. The molecule has 1 fully saturated rings. The highest BCUT2D eigenvalue weighted by Gasteiger charge is 2.30. The van der Waals surface area contributed by atoms with Crippen molar-refractivity contribution in [2.24, 2.45) is 0 Å². The standard InChI is InChI=1S/C18H18ClN5O2/c1-12-16(17(21-26-12)14-4-2-3-5-15(14)19)18(25)23-9-6-13(7-10-23)24-11-8-20-22-24/h2-5,8,11,13H,6-7,9-10H2,1H3. The number of carbonyl (C=O) groups excluding carboxylic acids is 1. The van der Waals surface area contributed by atoms with Crippen LogP contribution in [0.25, 0.3) is 11.3 Å². The van der Waals surface area contributed by atoms with E-state index in [0.717, 1.165) is 12.8 Å². The van der Waals surface area contributed by atoms with E-state index >= 15 is 0 Å². The highest BCUT2D eigenvalue weighted by molar-refractivity contribution is 6.33. The Balaban J connectivity index is 1.56. The summed E-state index contributed by atoms with van der Waals surface area (Å²) < 4.78 is 7.18. The minimum absolute atomic E-state index is 0.0734. The maximum Gasteiger partial charge on any atom is 0.259 e. The van der Waals surface area contributed by atoms with Crippen LogP contribution in [0.1, 0.15) is 35.0 Å². The van der Waals surface area contributed by atoms with Gasteiger partial charge in [0, 0.05) is 24.8 Å². The zero-order valence-corrected chi connectivity index (χ0v) is 15.1. The predicted molar refractivity (Wildman–Crippen MR) is 95.9 cm³/mol. The van der Waals surface area contributed by atoms with Gasteiger partial charge in [0.25, 0.3) is 5.91 Å². The van der Waals surface area contributed by atoms with Crippen LogP contribution in [0.3, 0.4) is 0 Å². The van der Waals surface area contributed by atoms with Crippen LogP contribution in [0, 0.1) is 6.92 Å². The first kappa shape index (κ1) is 16.8. The van der Waals surface area contributed by atoms with Crippen molar-refractivity contribution in [3.05, 3.63) is 53.0 Å². The first-order valence-electron chi connectivity index (χ1n) is 8.51. The number of hydrogen-bond donors (Lipinski definition) is 0. The fourth-order valence-corrected chi connectivity index (χ4v) is 3.59. The molecule has 134 valence electrons. The van der Waals surface area contributed by atoms with Gasteiger partial charge in [-0.15, -0.1) is 5.10 Å². The Kier molecular flexibility index (Phi) is 4.46. The summed E-state index contributed by atoms with van der Waals surface area (Å²) in [6.45, 7) is 3.05. The molecule has 3 aromatic rings. The van der Waals surface area contributed by atoms with Gasteiger partial charge in [-0.1, -0.05) is 40.2 Å². The number of halogens is 1. The minimum atomic E-state index is -0.0734. The van der Waals surface area contributed by atoms with Crippen molar-refractivity contribution in [3.8, 4) is 11.3 Å². The van der Waals surface area contributed by atoms with Gasteiger partial charge in [-0.25, -0.2) is 4.68 Å². The number of aromatic nitrogens is 4. The van der Waals surface area contributed by atoms with E-state index < -0.39 is 0 Å². The molecule has 8 heteroatoms. The zero-order chi connectivity index (χ0) is 18.1. The summed E-state index contributed by atoms with van der Waals surface area (Å²) in [5, 5.41) is 12.5. The normalized spacial score (nSPS) is 15.4. The Morgan fingerprint density at radius 3 is 2.73 bits per heavy atom. The lowest BCUT2D eigenvalue weighted by Crippen LogP contribution is -2.39. The van der Waals surface area contributed by atoms with Crippen LogP contribution in [0.15, 0.2) is 41.2 Å². The van der Waals surface area contributed by atoms with Crippen molar-refractivity contribution in [1.82, 2.24) is 25.1 Å². The second-order valence-corrected chi connectivity index (χ2v) is 6.76. The third-order valence-corrected chi connectivity index (χ3v) is 5.10. The molecule has 4 rings (SSSR count). The highest BCUT2D eigenvalue weighted by Crippen LogP contribution is 2.32. The lowest BCUT2D eigenvalue weighted by Gasteiger charge is -2.31. The van der Waals surface area contributed by atoms with E-state index in [2.05, 4.69) is 15.5 Å². The van der Waals surface area contributed by atoms with Crippen molar-refractivity contribution in [3.63, 3.8) is 0 Å². The van der Waals surface area contributed by atoms with Gasteiger partial charge in [-0.05, 0) is 25.8 Å². The SMILES string of the molecule is Cc1onc(-c2ccccc2Cl)c1C(=O)N1CCC(n2ccnn2)CC1. The Bertz CT molecular complexity index is 914. The van der Waals surface area contributed by atoms with Crippen LogP contribution < -0.4 is 0 Å². The molecule has 1 amide bonds. The molecule has 2 aromatic heterocycles. The molecule has 0 N–H and O–H groups in total. The second-order valence-electron chi connectivity index (χ2n) is 6.35. The molecule has 1 aromatic carbocycles. The van der Waals surface area contributed by atoms with E-state index in [-0.39, 0.29) is 11.9 Å². The Hall–Kier alpha value is -2.67. The molecule has 1 saturated heterocycles. The third-order valence-electron chi connectivity index (χ3n) is 4.77. The summed E-state index contributed by atoms with van der Waals surface area (Å²) in [5.74, 6) is 0.430. The van der Waals surface area contributed by atoms with E-state index in [0.29, 0.717) is 40.7 Å². The van der Waals surface area contributed by atoms with Gasteiger partial charge in [0.2, 0.25) is 0 Å². The van der Waals surface area contributed by atoms with Gasteiger partial charge < -0.3 is 9.42 Å². The van der Waals surface area contributed by atoms with Crippen LogP contribution in [0.2, 0.25) is 5.02 Å². The molecule has 0 bridgehead atoms. The molecular formula is C18H18ClN5O2. The molecule has 7 nitrogen and oxygen atoms in total. The molecule has 1 aliphatic heterocycles. The third kappa shape index (κ3) is 2.99. The van der Waals surface area contributed by atoms with E-state index in [1.165, 1.54) is 0 Å². The smallest absolute Gasteiger partial charge is 0.259 e. The van der Waals surface area contributed by atoms with Gasteiger partial charge in [0.1, 0.15) is 17.0 Å². The quantitative estimate of drug-likeness (QED) is 0.705. The van der Waals surface area contributed by atoms with Crippen LogP contribution in [0.4, 0.5) is 0 Å². The van der Waals surface area contributed by atoms with Crippen molar-refractivity contribution in [2.75, 3.05) is 13.1 Å². The molecule has 0 atom stereocenters. The summed E-state index contributed by atoms with van der Waals surface area (Å²) >= 11 is 6.28. The van der Waals surface area contributed by atoms with E-state index in [1.807, 2.05) is 34.0 Å². The lowest BCUT2D eigenvalue weighted by molar-refractivity contribution is 0.0688.